The Bertz CT molecular complexity index is 407. The summed E-state index contributed by atoms with van der Waals surface area (Å²) in [6.07, 6.45) is 1.19. The van der Waals surface area contributed by atoms with Crippen molar-refractivity contribution in [3.8, 4) is 5.75 Å². The fourth-order valence-corrected chi connectivity index (χ4v) is 2.77. The minimum atomic E-state index is 0.327. The van der Waals surface area contributed by atoms with Crippen LogP contribution < -0.4 is 10.1 Å². The lowest BCUT2D eigenvalue weighted by atomic mass is 9.86. The van der Waals surface area contributed by atoms with Gasteiger partial charge in [-0.05, 0) is 24.9 Å². The van der Waals surface area contributed by atoms with Gasteiger partial charge in [-0.1, -0.05) is 32.0 Å². The summed E-state index contributed by atoms with van der Waals surface area (Å²) in [4.78, 5) is 2.52. The molecule has 106 valence electrons. The fraction of sp³-hybridized carbons (Fsp3) is 0.625. The van der Waals surface area contributed by atoms with E-state index in [4.69, 9.17) is 4.74 Å². The van der Waals surface area contributed by atoms with Crippen molar-refractivity contribution in [2.45, 2.75) is 26.8 Å². The molecule has 0 saturated carbocycles. The Kier molecular flexibility index (Phi) is 4.83. The Morgan fingerprint density at radius 3 is 2.89 bits per heavy atom. The van der Waals surface area contributed by atoms with Crippen molar-refractivity contribution in [3.63, 3.8) is 0 Å². The molecule has 0 fully saturated rings. The quantitative estimate of drug-likeness (QED) is 0.882. The van der Waals surface area contributed by atoms with Crippen LogP contribution in [0.2, 0.25) is 0 Å². The third-order valence-corrected chi connectivity index (χ3v) is 4.09. The number of hydrogen-bond donors (Lipinski definition) is 1. The number of ether oxygens (including phenoxy) is 1. The van der Waals surface area contributed by atoms with Gasteiger partial charge in [-0.3, -0.25) is 4.90 Å². The SMILES string of the molecule is CCC(C)(CNC)CN1CCOc2ccccc2C1. The second-order valence-electron chi connectivity index (χ2n) is 5.86. The Labute approximate surface area is 116 Å². The van der Waals surface area contributed by atoms with E-state index in [0.717, 1.165) is 38.5 Å². The van der Waals surface area contributed by atoms with Crippen molar-refractivity contribution >= 4 is 0 Å². The van der Waals surface area contributed by atoms with Gasteiger partial charge in [-0.2, -0.15) is 0 Å². The molecule has 0 amide bonds. The van der Waals surface area contributed by atoms with Crippen LogP contribution in [0.3, 0.4) is 0 Å². The number of nitrogens with zero attached hydrogens (tertiary/aromatic N) is 1. The summed E-state index contributed by atoms with van der Waals surface area (Å²) < 4.78 is 5.83. The number of fused-ring (bicyclic) bond motifs is 1. The monoisotopic (exact) mass is 262 g/mol. The van der Waals surface area contributed by atoms with Gasteiger partial charge in [-0.15, -0.1) is 0 Å². The maximum absolute atomic E-state index is 5.83. The fourth-order valence-electron chi connectivity index (χ4n) is 2.77. The minimum absolute atomic E-state index is 0.327. The van der Waals surface area contributed by atoms with E-state index in [1.807, 2.05) is 13.1 Å². The van der Waals surface area contributed by atoms with Gasteiger partial charge in [-0.25, -0.2) is 0 Å². The molecule has 1 aromatic rings. The molecule has 1 heterocycles. The molecule has 1 atom stereocenters. The van der Waals surface area contributed by atoms with E-state index in [1.54, 1.807) is 0 Å². The summed E-state index contributed by atoms with van der Waals surface area (Å²) in [5.74, 6) is 1.05. The molecule has 0 spiro atoms. The first-order chi connectivity index (χ1) is 9.17. The molecular weight excluding hydrogens is 236 g/mol. The van der Waals surface area contributed by atoms with Gasteiger partial charge in [0.15, 0.2) is 0 Å². The zero-order valence-corrected chi connectivity index (χ0v) is 12.4. The summed E-state index contributed by atoms with van der Waals surface area (Å²) in [5, 5.41) is 3.33. The Hall–Kier alpha value is -1.06. The molecular formula is C16H26N2O. The van der Waals surface area contributed by atoms with Gasteiger partial charge in [0, 0.05) is 31.7 Å². The molecule has 0 bridgehead atoms. The molecule has 1 N–H and O–H groups in total. The Morgan fingerprint density at radius 2 is 2.16 bits per heavy atom. The summed E-state index contributed by atoms with van der Waals surface area (Å²) >= 11 is 0. The summed E-state index contributed by atoms with van der Waals surface area (Å²) in [5.41, 5.74) is 1.64. The first-order valence-corrected chi connectivity index (χ1v) is 7.24. The number of hydrogen-bond acceptors (Lipinski definition) is 3. The van der Waals surface area contributed by atoms with Crippen molar-refractivity contribution in [2.24, 2.45) is 5.41 Å². The molecule has 0 radical (unpaired) electrons. The number of benzene rings is 1. The lowest BCUT2D eigenvalue weighted by molar-refractivity contribution is 0.141. The molecule has 2 rings (SSSR count). The van der Waals surface area contributed by atoms with Crippen LogP contribution in [0.1, 0.15) is 25.8 Å². The first-order valence-electron chi connectivity index (χ1n) is 7.24. The van der Waals surface area contributed by atoms with Gasteiger partial charge in [0.05, 0.1) is 0 Å². The number of rotatable bonds is 5. The number of para-hydroxylation sites is 1. The molecule has 1 unspecified atom stereocenters. The largest absolute Gasteiger partial charge is 0.492 e. The Balaban J connectivity index is 2.06. The molecule has 0 aliphatic carbocycles. The van der Waals surface area contributed by atoms with Gasteiger partial charge < -0.3 is 10.1 Å². The molecule has 1 aliphatic heterocycles. The maximum atomic E-state index is 5.83. The predicted octanol–water partition coefficient (Wildman–Crippen LogP) is 2.52. The molecule has 1 aromatic carbocycles. The third kappa shape index (κ3) is 3.71. The average molecular weight is 262 g/mol. The average Bonchev–Trinajstić information content (AvgIpc) is 2.60. The van der Waals surface area contributed by atoms with Crippen LogP contribution in [-0.2, 0) is 6.54 Å². The van der Waals surface area contributed by atoms with E-state index >= 15 is 0 Å². The first kappa shape index (κ1) is 14.4. The van der Waals surface area contributed by atoms with E-state index in [1.165, 1.54) is 12.0 Å². The summed E-state index contributed by atoms with van der Waals surface area (Å²) in [6.45, 7) is 9.60. The highest BCUT2D eigenvalue weighted by atomic mass is 16.5. The van der Waals surface area contributed by atoms with Crippen LogP contribution in [0.25, 0.3) is 0 Å². The van der Waals surface area contributed by atoms with Crippen LogP contribution >= 0.6 is 0 Å². The van der Waals surface area contributed by atoms with E-state index in [2.05, 4.69) is 42.3 Å². The zero-order valence-electron chi connectivity index (χ0n) is 12.4. The minimum Gasteiger partial charge on any atom is -0.492 e. The van der Waals surface area contributed by atoms with E-state index in [0.29, 0.717) is 5.41 Å². The second-order valence-corrected chi connectivity index (χ2v) is 5.86. The highest BCUT2D eigenvalue weighted by Crippen LogP contribution is 2.26. The van der Waals surface area contributed by atoms with E-state index in [9.17, 15) is 0 Å². The van der Waals surface area contributed by atoms with E-state index < -0.39 is 0 Å². The van der Waals surface area contributed by atoms with Gasteiger partial charge in [0.1, 0.15) is 12.4 Å². The van der Waals surface area contributed by atoms with Crippen molar-refractivity contribution in [1.82, 2.24) is 10.2 Å². The van der Waals surface area contributed by atoms with Crippen molar-refractivity contribution in [1.29, 1.82) is 0 Å². The normalized spacial score (nSPS) is 19.1. The van der Waals surface area contributed by atoms with Gasteiger partial charge >= 0.3 is 0 Å². The topological polar surface area (TPSA) is 24.5 Å². The van der Waals surface area contributed by atoms with Gasteiger partial charge in [0.2, 0.25) is 0 Å². The molecule has 3 nitrogen and oxygen atoms in total. The van der Waals surface area contributed by atoms with Crippen molar-refractivity contribution < 1.29 is 4.74 Å². The second kappa shape index (κ2) is 6.40. The summed E-state index contributed by atoms with van der Waals surface area (Å²) in [6, 6.07) is 8.39. The molecule has 0 saturated heterocycles. The van der Waals surface area contributed by atoms with Crippen LogP contribution in [0, 0.1) is 5.41 Å². The van der Waals surface area contributed by atoms with E-state index in [-0.39, 0.29) is 0 Å². The Morgan fingerprint density at radius 1 is 1.37 bits per heavy atom. The highest BCUT2D eigenvalue weighted by molar-refractivity contribution is 5.33. The lowest BCUT2D eigenvalue weighted by Crippen LogP contribution is -2.41. The highest BCUT2D eigenvalue weighted by Gasteiger charge is 2.26. The lowest BCUT2D eigenvalue weighted by Gasteiger charge is -2.34. The molecule has 19 heavy (non-hydrogen) atoms. The zero-order chi connectivity index (χ0) is 13.7. The number of nitrogens with one attached hydrogen (secondary N) is 1. The predicted molar refractivity (Wildman–Crippen MR) is 79.5 cm³/mol. The van der Waals surface area contributed by atoms with Crippen LogP contribution in [0.4, 0.5) is 0 Å². The molecule has 1 aliphatic rings. The van der Waals surface area contributed by atoms with Crippen molar-refractivity contribution in [2.75, 3.05) is 33.3 Å². The summed E-state index contributed by atoms with van der Waals surface area (Å²) in [7, 11) is 2.04. The van der Waals surface area contributed by atoms with Crippen LogP contribution in [0.5, 0.6) is 5.75 Å². The van der Waals surface area contributed by atoms with Gasteiger partial charge in [0.25, 0.3) is 0 Å². The molecule has 0 aromatic heterocycles. The van der Waals surface area contributed by atoms with Crippen molar-refractivity contribution in [3.05, 3.63) is 29.8 Å². The maximum Gasteiger partial charge on any atom is 0.123 e. The smallest absolute Gasteiger partial charge is 0.123 e. The van der Waals surface area contributed by atoms with Crippen LogP contribution in [-0.4, -0.2) is 38.2 Å². The third-order valence-electron chi connectivity index (χ3n) is 4.09. The molecule has 3 heteroatoms. The standard InChI is InChI=1S/C16H26N2O/c1-4-16(2,12-17-3)13-18-9-10-19-15-8-6-5-7-14(15)11-18/h5-8,17H,4,9-13H2,1-3H3. The van der Waals surface area contributed by atoms with Crippen LogP contribution in [0.15, 0.2) is 24.3 Å².